The van der Waals surface area contributed by atoms with Crippen LogP contribution in [0.4, 0.5) is 0 Å². The molecule has 1 saturated heterocycles. The molecule has 21 heavy (non-hydrogen) atoms. The van der Waals surface area contributed by atoms with Gasteiger partial charge in [0.05, 0.1) is 0 Å². The maximum absolute atomic E-state index is 12.7. The fourth-order valence-electron chi connectivity index (χ4n) is 2.89. The second kappa shape index (κ2) is 5.33. The molecular weight excluding hydrogens is 266 g/mol. The molecule has 0 aliphatic carbocycles. The molecule has 0 amide bonds. The summed E-state index contributed by atoms with van der Waals surface area (Å²) in [5.41, 5.74) is 2.08. The summed E-state index contributed by atoms with van der Waals surface area (Å²) in [6.07, 6.45) is 5.66. The molecule has 0 saturated carbocycles. The Morgan fingerprint density at radius 3 is 2.81 bits per heavy atom. The van der Waals surface area contributed by atoms with Gasteiger partial charge in [0.15, 0.2) is 5.78 Å². The van der Waals surface area contributed by atoms with Crippen molar-refractivity contribution in [2.24, 2.45) is 7.05 Å². The lowest BCUT2D eigenvalue weighted by Gasteiger charge is -2.14. The Balaban J connectivity index is 1.95. The number of Topliss-reactive ketones (excluding diaryl/α,β-unsaturated/α-hetero) is 1. The molecule has 0 aromatic carbocycles. The van der Waals surface area contributed by atoms with Crippen LogP contribution in [0, 0.1) is 0 Å². The van der Waals surface area contributed by atoms with Crippen LogP contribution < -0.4 is 5.32 Å². The molecule has 3 rings (SSSR count). The summed E-state index contributed by atoms with van der Waals surface area (Å²) < 4.78 is 3.40. The van der Waals surface area contributed by atoms with Gasteiger partial charge in [-0.25, -0.2) is 0 Å². The maximum atomic E-state index is 12.7. The fourth-order valence-corrected chi connectivity index (χ4v) is 2.89. The Morgan fingerprint density at radius 1 is 1.38 bits per heavy atom. The Labute approximate surface area is 123 Å². The number of nitrogens with zero attached hydrogens (tertiary/aromatic N) is 2. The zero-order chi connectivity index (χ0) is 15.0. The lowest BCUT2D eigenvalue weighted by molar-refractivity contribution is 0.0947. The fraction of sp³-hybridized carbons (Fsp3) is 0.375. The van der Waals surface area contributed by atoms with E-state index >= 15 is 0 Å². The Morgan fingerprint density at radius 2 is 2.19 bits per heavy atom. The quantitative estimate of drug-likeness (QED) is 0.879. The molecule has 5 nitrogen and oxygen atoms in total. The topological polar surface area (TPSA) is 56.0 Å². The van der Waals surface area contributed by atoms with Crippen LogP contribution in [0.1, 0.15) is 52.3 Å². The van der Waals surface area contributed by atoms with Gasteiger partial charge in [-0.3, -0.25) is 14.2 Å². The first-order valence-electron chi connectivity index (χ1n) is 7.20. The average Bonchev–Trinajstić information content (AvgIpc) is 3.17. The van der Waals surface area contributed by atoms with Crippen molar-refractivity contribution in [2.45, 2.75) is 25.8 Å². The van der Waals surface area contributed by atoms with Gasteiger partial charge in [0.2, 0.25) is 0 Å². The second-order valence-electron chi connectivity index (χ2n) is 5.54. The summed E-state index contributed by atoms with van der Waals surface area (Å²) in [5.74, 6) is -0.131. The highest BCUT2D eigenvalue weighted by atomic mass is 16.2. The van der Waals surface area contributed by atoms with E-state index in [0.29, 0.717) is 11.3 Å². The first-order chi connectivity index (χ1) is 10.1. The molecule has 1 fully saturated rings. The number of carbonyl (C=O) groups is 2. The molecule has 1 aliphatic heterocycles. The minimum Gasteiger partial charge on any atom is -0.346 e. The van der Waals surface area contributed by atoms with Crippen LogP contribution in [0.2, 0.25) is 0 Å². The maximum Gasteiger partial charge on any atom is 0.278 e. The second-order valence-corrected chi connectivity index (χ2v) is 5.54. The van der Waals surface area contributed by atoms with Crippen LogP contribution in [0.5, 0.6) is 0 Å². The van der Waals surface area contributed by atoms with Crippen molar-refractivity contribution in [3.63, 3.8) is 0 Å². The molecule has 1 atom stereocenters. The SMILES string of the molecule is CC(=O)c1cc(C(=O)n2cccc2C2CCCN2)n(C)c1. The number of hydrogen-bond donors (Lipinski definition) is 1. The highest BCUT2D eigenvalue weighted by molar-refractivity contribution is 6.00. The van der Waals surface area contributed by atoms with Crippen molar-refractivity contribution in [1.29, 1.82) is 0 Å². The molecule has 1 N–H and O–H groups in total. The van der Waals surface area contributed by atoms with E-state index in [0.717, 1.165) is 25.1 Å². The minimum atomic E-state index is -0.0984. The van der Waals surface area contributed by atoms with Gasteiger partial charge in [0.25, 0.3) is 5.91 Å². The first-order valence-corrected chi connectivity index (χ1v) is 7.20. The van der Waals surface area contributed by atoms with E-state index in [2.05, 4.69) is 5.32 Å². The third kappa shape index (κ3) is 2.45. The van der Waals surface area contributed by atoms with E-state index in [1.807, 2.05) is 12.1 Å². The lowest BCUT2D eigenvalue weighted by Crippen LogP contribution is -2.22. The molecule has 5 heteroatoms. The van der Waals surface area contributed by atoms with Crippen molar-refractivity contribution in [1.82, 2.24) is 14.5 Å². The molecule has 3 heterocycles. The molecule has 0 spiro atoms. The van der Waals surface area contributed by atoms with E-state index in [1.165, 1.54) is 6.92 Å². The molecule has 1 aliphatic rings. The summed E-state index contributed by atoms with van der Waals surface area (Å²) >= 11 is 0. The number of nitrogens with one attached hydrogen (secondary N) is 1. The summed E-state index contributed by atoms with van der Waals surface area (Å²) in [6.45, 7) is 2.50. The standard InChI is InChI=1S/C16H19N3O2/c1-11(20)12-9-15(18(2)10-12)16(21)19-8-4-6-14(19)13-5-3-7-17-13/h4,6,8-10,13,17H,3,5,7H2,1-2H3. The summed E-state index contributed by atoms with van der Waals surface area (Å²) in [4.78, 5) is 24.2. The van der Waals surface area contributed by atoms with Crippen molar-refractivity contribution in [2.75, 3.05) is 6.54 Å². The number of carbonyl (C=O) groups excluding carboxylic acids is 2. The highest BCUT2D eigenvalue weighted by Crippen LogP contribution is 2.24. The molecule has 0 radical (unpaired) electrons. The third-order valence-electron chi connectivity index (χ3n) is 4.05. The third-order valence-corrected chi connectivity index (χ3v) is 4.05. The van der Waals surface area contributed by atoms with Crippen LogP contribution in [-0.4, -0.2) is 27.4 Å². The summed E-state index contributed by atoms with van der Waals surface area (Å²) in [5, 5.41) is 3.41. The zero-order valence-electron chi connectivity index (χ0n) is 12.3. The van der Waals surface area contributed by atoms with E-state index < -0.39 is 0 Å². The lowest BCUT2D eigenvalue weighted by atomic mass is 10.1. The van der Waals surface area contributed by atoms with Gasteiger partial charge in [-0.05, 0) is 44.5 Å². The largest absolute Gasteiger partial charge is 0.346 e. The number of aryl methyl sites for hydroxylation is 1. The molecular formula is C16H19N3O2. The Kier molecular flexibility index (Phi) is 3.51. The van der Waals surface area contributed by atoms with Crippen molar-refractivity contribution in [3.05, 3.63) is 47.5 Å². The van der Waals surface area contributed by atoms with Crippen molar-refractivity contribution < 1.29 is 9.59 Å². The van der Waals surface area contributed by atoms with Crippen LogP contribution >= 0.6 is 0 Å². The van der Waals surface area contributed by atoms with Gasteiger partial charge in [0.1, 0.15) is 5.69 Å². The minimum absolute atomic E-state index is 0.0326. The monoisotopic (exact) mass is 285 g/mol. The first kappa shape index (κ1) is 13.8. The molecule has 0 bridgehead atoms. The Hall–Kier alpha value is -2.14. The molecule has 110 valence electrons. The van der Waals surface area contributed by atoms with Gasteiger partial charge in [0, 0.05) is 36.7 Å². The molecule has 2 aromatic heterocycles. The summed E-state index contributed by atoms with van der Waals surface area (Å²) in [6, 6.07) is 5.77. The van der Waals surface area contributed by atoms with Crippen LogP contribution in [0.15, 0.2) is 30.6 Å². The Bertz CT molecular complexity index is 690. The number of ketones is 1. The average molecular weight is 285 g/mol. The van der Waals surface area contributed by atoms with Gasteiger partial charge in [-0.2, -0.15) is 0 Å². The summed E-state index contributed by atoms with van der Waals surface area (Å²) in [7, 11) is 1.79. The van der Waals surface area contributed by atoms with Crippen LogP contribution in [0.3, 0.4) is 0 Å². The zero-order valence-corrected chi connectivity index (χ0v) is 12.3. The van der Waals surface area contributed by atoms with Crippen molar-refractivity contribution in [3.8, 4) is 0 Å². The van der Waals surface area contributed by atoms with E-state index in [4.69, 9.17) is 0 Å². The van der Waals surface area contributed by atoms with E-state index in [-0.39, 0.29) is 17.7 Å². The number of rotatable bonds is 3. The van der Waals surface area contributed by atoms with E-state index in [9.17, 15) is 9.59 Å². The van der Waals surface area contributed by atoms with E-state index in [1.54, 1.807) is 34.6 Å². The number of aromatic nitrogens is 2. The smallest absolute Gasteiger partial charge is 0.278 e. The van der Waals surface area contributed by atoms with Gasteiger partial charge in [-0.15, -0.1) is 0 Å². The van der Waals surface area contributed by atoms with Crippen LogP contribution in [0.25, 0.3) is 0 Å². The molecule has 1 unspecified atom stereocenters. The van der Waals surface area contributed by atoms with Gasteiger partial charge < -0.3 is 9.88 Å². The number of hydrogen-bond acceptors (Lipinski definition) is 3. The van der Waals surface area contributed by atoms with Crippen molar-refractivity contribution >= 4 is 11.7 Å². The highest BCUT2D eigenvalue weighted by Gasteiger charge is 2.23. The van der Waals surface area contributed by atoms with Gasteiger partial charge >= 0.3 is 0 Å². The molecule has 2 aromatic rings. The normalized spacial score (nSPS) is 18.1. The van der Waals surface area contributed by atoms with Gasteiger partial charge in [-0.1, -0.05) is 0 Å². The predicted molar refractivity (Wildman–Crippen MR) is 79.6 cm³/mol. The predicted octanol–water partition coefficient (Wildman–Crippen LogP) is 2.14. The van der Waals surface area contributed by atoms with Crippen LogP contribution in [-0.2, 0) is 7.05 Å².